The highest BCUT2D eigenvalue weighted by atomic mass is 16.5. The molecule has 90 valence electrons. The maximum absolute atomic E-state index is 10.6. The van der Waals surface area contributed by atoms with Crippen LogP contribution in [-0.4, -0.2) is 57.5 Å². The number of amides is 1. The van der Waals surface area contributed by atoms with Crippen molar-refractivity contribution in [1.29, 1.82) is 0 Å². The van der Waals surface area contributed by atoms with Gasteiger partial charge in [-0.25, -0.2) is 4.79 Å². The zero-order valence-corrected chi connectivity index (χ0v) is 9.91. The van der Waals surface area contributed by atoms with Crippen molar-refractivity contribution >= 4 is 6.09 Å². The molecule has 0 heterocycles. The SMILES string of the molecule is CCN(CC)CCOCCNC(=O)OC. The fraction of sp³-hybridized carbons (Fsp3) is 0.900. The summed E-state index contributed by atoms with van der Waals surface area (Å²) in [7, 11) is 1.34. The van der Waals surface area contributed by atoms with E-state index in [2.05, 4.69) is 28.8 Å². The standard InChI is InChI=1S/C10H22N2O3/c1-4-12(5-2)7-9-15-8-6-11-10(13)14-3/h4-9H2,1-3H3,(H,11,13). The monoisotopic (exact) mass is 218 g/mol. The fourth-order valence-electron chi connectivity index (χ4n) is 1.13. The van der Waals surface area contributed by atoms with Crippen LogP contribution in [0.15, 0.2) is 0 Å². The Morgan fingerprint density at radius 1 is 1.27 bits per heavy atom. The van der Waals surface area contributed by atoms with E-state index in [1.54, 1.807) is 0 Å². The lowest BCUT2D eigenvalue weighted by atomic mass is 10.5. The maximum atomic E-state index is 10.6. The van der Waals surface area contributed by atoms with Crippen molar-refractivity contribution in [3.8, 4) is 0 Å². The lowest BCUT2D eigenvalue weighted by Gasteiger charge is -2.17. The van der Waals surface area contributed by atoms with Gasteiger partial charge < -0.3 is 19.7 Å². The van der Waals surface area contributed by atoms with E-state index in [1.165, 1.54) is 7.11 Å². The first-order valence-corrected chi connectivity index (χ1v) is 5.36. The number of carbonyl (C=O) groups is 1. The molecule has 15 heavy (non-hydrogen) atoms. The van der Waals surface area contributed by atoms with Gasteiger partial charge in [0.1, 0.15) is 0 Å². The highest BCUT2D eigenvalue weighted by Gasteiger charge is 1.99. The van der Waals surface area contributed by atoms with E-state index in [4.69, 9.17) is 4.74 Å². The number of nitrogens with one attached hydrogen (secondary N) is 1. The van der Waals surface area contributed by atoms with Gasteiger partial charge in [-0.2, -0.15) is 0 Å². The van der Waals surface area contributed by atoms with Gasteiger partial charge in [0.2, 0.25) is 0 Å². The molecule has 0 aliphatic carbocycles. The first-order valence-electron chi connectivity index (χ1n) is 5.36. The van der Waals surface area contributed by atoms with E-state index < -0.39 is 6.09 Å². The molecule has 0 aliphatic rings. The number of hydrogen-bond acceptors (Lipinski definition) is 4. The fourth-order valence-corrected chi connectivity index (χ4v) is 1.13. The Morgan fingerprint density at radius 3 is 2.47 bits per heavy atom. The number of ether oxygens (including phenoxy) is 2. The summed E-state index contributed by atoms with van der Waals surface area (Å²) < 4.78 is 9.77. The van der Waals surface area contributed by atoms with E-state index in [0.717, 1.165) is 19.6 Å². The lowest BCUT2D eigenvalue weighted by Crippen LogP contribution is -2.30. The van der Waals surface area contributed by atoms with Gasteiger partial charge in [0.05, 0.1) is 20.3 Å². The number of likely N-dealkylation sites (N-methyl/N-ethyl adjacent to an activating group) is 1. The second-order valence-corrected chi connectivity index (χ2v) is 3.06. The molecule has 0 unspecified atom stereocenters. The molecule has 5 nitrogen and oxygen atoms in total. The van der Waals surface area contributed by atoms with Crippen LogP contribution in [0.4, 0.5) is 4.79 Å². The molecule has 1 amide bonds. The average Bonchev–Trinajstić information content (AvgIpc) is 2.28. The van der Waals surface area contributed by atoms with E-state index in [-0.39, 0.29) is 0 Å². The average molecular weight is 218 g/mol. The number of nitrogens with zero attached hydrogens (tertiary/aromatic N) is 1. The third kappa shape index (κ3) is 8.20. The zero-order chi connectivity index (χ0) is 11.5. The van der Waals surface area contributed by atoms with Gasteiger partial charge in [0, 0.05) is 13.1 Å². The lowest BCUT2D eigenvalue weighted by molar-refractivity contribution is 0.106. The summed E-state index contributed by atoms with van der Waals surface area (Å²) in [6.07, 6.45) is -0.414. The summed E-state index contributed by atoms with van der Waals surface area (Å²) in [4.78, 5) is 12.9. The van der Waals surface area contributed by atoms with Gasteiger partial charge >= 0.3 is 6.09 Å². The topological polar surface area (TPSA) is 50.8 Å². The Labute approximate surface area is 91.7 Å². The van der Waals surface area contributed by atoms with Crippen LogP contribution in [0.3, 0.4) is 0 Å². The third-order valence-corrected chi connectivity index (χ3v) is 2.15. The first-order chi connectivity index (χ1) is 7.24. The number of rotatable bonds is 8. The molecule has 0 aromatic rings. The Hall–Kier alpha value is -0.810. The van der Waals surface area contributed by atoms with E-state index in [0.29, 0.717) is 19.8 Å². The highest BCUT2D eigenvalue weighted by Crippen LogP contribution is 1.86. The summed E-state index contributed by atoms with van der Waals surface area (Å²) in [5, 5.41) is 2.55. The largest absolute Gasteiger partial charge is 0.453 e. The van der Waals surface area contributed by atoms with Gasteiger partial charge in [-0.1, -0.05) is 13.8 Å². The van der Waals surface area contributed by atoms with E-state index >= 15 is 0 Å². The van der Waals surface area contributed by atoms with Crippen LogP contribution < -0.4 is 5.32 Å². The predicted octanol–water partition coefficient (Wildman–Crippen LogP) is 0.701. The van der Waals surface area contributed by atoms with Gasteiger partial charge in [-0.05, 0) is 13.1 Å². The van der Waals surface area contributed by atoms with Crippen LogP contribution in [0.2, 0.25) is 0 Å². The minimum Gasteiger partial charge on any atom is -0.453 e. The smallest absolute Gasteiger partial charge is 0.406 e. The first kappa shape index (κ1) is 14.2. The van der Waals surface area contributed by atoms with Crippen LogP contribution in [0.5, 0.6) is 0 Å². The van der Waals surface area contributed by atoms with Crippen LogP contribution in [0.25, 0.3) is 0 Å². The molecular weight excluding hydrogens is 196 g/mol. The van der Waals surface area contributed by atoms with Crippen LogP contribution in [0.1, 0.15) is 13.8 Å². The molecule has 0 saturated heterocycles. The molecule has 0 aromatic heterocycles. The molecule has 0 bridgehead atoms. The molecule has 0 fully saturated rings. The van der Waals surface area contributed by atoms with E-state index in [1.807, 2.05) is 0 Å². The summed E-state index contributed by atoms with van der Waals surface area (Å²) in [5.74, 6) is 0. The summed E-state index contributed by atoms with van der Waals surface area (Å²) >= 11 is 0. The normalized spacial score (nSPS) is 10.4. The quantitative estimate of drug-likeness (QED) is 0.609. The maximum Gasteiger partial charge on any atom is 0.406 e. The molecular formula is C10H22N2O3. The van der Waals surface area contributed by atoms with Crippen molar-refractivity contribution < 1.29 is 14.3 Å². The second kappa shape index (κ2) is 9.73. The summed E-state index contributed by atoms with van der Waals surface area (Å²) in [5.41, 5.74) is 0. The Bertz CT molecular complexity index is 161. The van der Waals surface area contributed by atoms with Crippen LogP contribution >= 0.6 is 0 Å². The van der Waals surface area contributed by atoms with Gasteiger partial charge in [0.15, 0.2) is 0 Å². The van der Waals surface area contributed by atoms with Crippen molar-refractivity contribution in [2.24, 2.45) is 0 Å². The number of carbonyl (C=O) groups excluding carboxylic acids is 1. The number of methoxy groups -OCH3 is 1. The molecule has 1 N–H and O–H groups in total. The second-order valence-electron chi connectivity index (χ2n) is 3.06. The number of hydrogen-bond donors (Lipinski definition) is 1. The highest BCUT2D eigenvalue weighted by molar-refractivity contribution is 5.66. The summed E-state index contributed by atoms with van der Waals surface area (Å²) in [6.45, 7) is 8.99. The Morgan fingerprint density at radius 2 is 1.93 bits per heavy atom. The van der Waals surface area contributed by atoms with Crippen molar-refractivity contribution in [1.82, 2.24) is 10.2 Å². The minimum atomic E-state index is -0.414. The van der Waals surface area contributed by atoms with Gasteiger partial charge in [-0.15, -0.1) is 0 Å². The number of alkyl carbamates (subject to hydrolysis) is 1. The van der Waals surface area contributed by atoms with Gasteiger partial charge in [-0.3, -0.25) is 0 Å². The van der Waals surface area contributed by atoms with Crippen molar-refractivity contribution in [3.63, 3.8) is 0 Å². The van der Waals surface area contributed by atoms with Gasteiger partial charge in [0.25, 0.3) is 0 Å². The molecule has 0 aliphatic heterocycles. The summed E-state index contributed by atoms with van der Waals surface area (Å²) in [6, 6.07) is 0. The molecule has 0 spiro atoms. The van der Waals surface area contributed by atoms with E-state index in [9.17, 15) is 4.79 Å². The van der Waals surface area contributed by atoms with Crippen LogP contribution in [0, 0.1) is 0 Å². The molecule has 5 heteroatoms. The van der Waals surface area contributed by atoms with Crippen LogP contribution in [-0.2, 0) is 9.47 Å². The minimum absolute atomic E-state index is 0.414. The third-order valence-electron chi connectivity index (χ3n) is 2.15. The zero-order valence-electron chi connectivity index (χ0n) is 9.91. The van der Waals surface area contributed by atoms with Crippen molar-refractivity contribution in [2.75, 3.05) is 46.5 Å². The Kier molecular flexibility index (Phi) is 9.21. The molecule has 0 atom stereocenters. The van der Waals surface area contributed by atoms with Crippen molar-refractivity contribution in [2.45, 2.75) is 13.8 Å². The Balaban J connectivity index is 3.21. The molecule has 0 aromatic carbocycles. The predicted molar refractivity (Wildman–Crippen MR) is 59.0 cm³/mol. The molecule has 0 saturated carbocycles. The molecule has 0 radical (unpaired) electrons. The molecule has 0 rings (SSSR count). The van der Waals surface area contributed by atoms with Crippen molar-refractivity contribution in [3.05, 3.63) is 0 Å².